The second kappa shape index (κ2) is 7.29. The number of fused-ring (bicyclic) bond motifs is 1. The van der Waals surface area contributed by atoms with Crippen LogP contribution in [-0.2, 0) is 16.4 Å². The summed E-state index contributed by atoms with van der Waals surface area (Å²) in [4.78, 5) is 15.4. The molecule has 0 saturated carbocycles. The minimum absolute atomic E-state index is 0.161. The van der Waals surface area contributed by atoms with Crippen LogP contribution in [0.3, 0.4) is 0 Å². The average molecular weight is 385 g/mol. The first-order valence-corrected chi connectivity index (χ1v) is 10.4. The minimum Gasteiger partial charge on any atom is -0.322 e. The molecule has 0 aliphatic heterocycles. The molecule has 2 N–H and O–H groups in total. The largest absolute Gasteiger partial charge is 0.322 e. The summed E-state index contributed by atoms with van der Waals surface area (Å²) in [5.74, 6) is 0. The molecule has 6 heteroatoms. The van der Waals surface area contributed by atoms with Gasteiger partial charge in [0.05, 0.1) is 4.90 Å². The van der Waals surface area contributed by atoms with Gasteiger partial charge in [-0.1, -0.05) is 6.07 Å². The second-order valence-corrected chi connectivity index (χ2v) is 8.81. The van der Waals surface area contributed by atoms with E-state index in [1.54, 1.807) is 18.2 Å². The van der Waals surface area contributed by atoms with E-state index in [4.69, 9.17) is 0 Å². The number of aryl methyl sites for hydroxylation is 4. The van der Waals surface area contributed by atoms with Crippen LogP contribution in [-0.4, -0.2) is 19.9 Å². The quantitative estimate of drug-likeness (QED) is 0.708. The second-order valence-electron chi connectivity index (χ2n) is 7.04. The molecule has 0 fully saturated rings. The van der Waals surface area contributed by atoms with E-state index in [0.29, 0.717) is 12.0 Å². The summed E-state index contributed by atoms with van der Waals surface area (Å²) in [6, 6.07) is 10.9. The first-order valence-electron chi connectivity index (χ1n) is 8.87. The van der Waals surface area contributed by atoms with Crippen molar-refractivity contribution in [2.45, 2.75) is 39.0 Å². The van der Waals surface area contributed by atoms with E-state index in [2.05, 4.69) is 9.71 Å². The molecule has 0 bridgehead atoms. The van der Waals surface area contributed by atoms with E-state index < -0.39 is 10.0 Å². The lowest BCUT2D eigenvalue weighted by molar-refractivity contribution is 0.581. The lowest BCUT2D eigenvalue weighted by Crippen LogP contribution is -2.27. The summed E-state index contributed by atoms with van der Waals surface area (Å²) in [6.07, 6.45) is 0.322. The fraction of sp³-hybridized carbons (Fsp3) is 0.286. The summed E-state index contributed by atoms with van der Waals surface area (Å²) < 4.78 is 27.5. The smallest absolute Gasteiger partial charge is 0.251 e. The SMILES string of the molecule is Cc1ccc(S(=O)(=O)NCCc2cc3cc(C)c(C)cc3[nH]c2=O)cc1C. The predicted octanol–water partition coefficient (Wildman–Crippen LogP) is 3.28. The Morgan fingerprint density at radius 2 is 1.56 bits per heavy atom. The van der Waals surface area contributed by atoms with Crippen LogP contribution in [0.2, 0.25) is 0 Å². The van der Waals surface area contributed by atoms with Crippen LogP contribution >= 0.6 is 0 Å². The molecule has 0 aliphatic carbocycles. The van der Waals surface area contributed by atoms with Gasteiger partial charge in [-0.2, -0.15) is 0 Å². The Morgan fingerprint density at radius 3 is 2.26 bits per heavy atom. The van der Waals surface area contributed by atoms with Crippen molar-refractivity contribution in [1.82, 2.24) is 9.71 Å². The molecule has 0 atom stereocenters. The molecule has 3 rings (SSSR count). The maximum atomic E-state index is 12.5. The highest BCUT2D eigenvalue weighted by Crippen LogP contribution is 2.18. The Labute approximate surface area is 159 Å². The molecular formula is C21H24N2O3S. The van der Waals surface area contributed by atoms with E-state index >= 15 is 0 Å². The van der Waals surface area contributed by atoms with Crippen LogP contribution in [0.4, 0.5) is 0 Å². The number of rotatable bonds is 5. The number of benzene rings is 2. The number of sulfonamides is 1. The van der Waals surface area contributed by atoms with Gasteiger partial charge in [-0.25, -0.2) is 13.1 Å². The Balaban J connectivity index is 1.78. The number of nitrogens with one attached hydrogen (secondary N) is 2. The summed E-state index contributed by atoms with van der Waals surface area (Å²) in [7, 11) is -3.60. The molecular weight excluding hydrogens is 360 g/mol. The number of pyridine rings is 1. The zero-order chi connectivity index (χ0) is 19.8. The molecule has 0 amide bonds. The third-order valence-corrected chi connectivity index (χ3v) is 6.47. The fourth-order valence-corrected chi connectivity index (χ4v) is 4.11. The molecule has 0 aliphatic rings. The molecule has 27 heavy (non-hydrogen) atoms. The van der Waals surface area contributed by atoms with Crippen molar-refractivity contribution in [1.29, 1.82) is 0 Å². The summed E-state index contributed by atoms with van der Waals surface area (Å²) in [5, 5.41) is 0.949. The number of aromatic amines is 1. The first kappa shape index (κ1) is 19.3. The van der Waals surface area contributed by atoms with Crippen molar-refractivity contribution in [3.8, 4) is 0 Å². The standard InChI is InChI=1S/C21H24N2O3S/c1-13-5-6-19(10-15(13)3)27(25,26)22-8-7-17-12-18-9-14(2)16(4)11-20(18)23-21(17)24/h5-6,9-12,22H,7-8H2,1-4H3,(H,23,24). The molecule has 0 unspecified atom stereocenters. The monoisotopic (exact) mass is 384 g/mol. The number of H-pyrrole nitrogens is 1. The van der Waals surface area contributed by atoms with Crippen molar-refractivity contribution in [3.63, 3.8) is 0 Å². The van der Waals surface area contributed by atoms with Gasteiger partial charge >= 0.3 is 0 Å². The van der Waals surface area contributed by atoms with Gasteiger partial charge in [0.2, 0.25) is 10.0 Å². The molecule has 0 saturated heterocycles. The van der Waals surface area contributed by atoms with Gasteiger partial charge in [0.25, 0.3) is 5.56 Å². The number of hydrogen-bond acceptors (Lipinski definition) is 3. The van der Waals surface area contributed by atoms with Crippen molar-refractivity contribution in [3.05, 3.63) is 74.6 Å². The zero-order valence-electron chi connectivity index (χ0n) is 16.0. The van der Waals surface area contributed by atoms with Crippen LogP contribution < -0.4 is 10.3 Å². The number of hydrogen-bond donors (Lipinski definition) is 2. The van der Waals surface area contributed by atoms with Crippen LogP contribution in [0.25, 0.3) is 10.9 Å². The van der Waals surface area contributed by atoms with E-state index in [9.17, 15) is 13.2 Å². The Hall–Kier alpha value is -2.44. The lowest BCUT2D eigenvalue weighted by Gasteiger charge is -2.09. The molecule has 3 aromatic rings. The van der Waals surface area contributed by atoms with E-state index in [1.807, 2.05) is 45.9 Å². The third kappa shape index (κ3) is 4.12. The Bertz CT molecular complexity index is 1180. The topological polar surface area (TPSA) is 79.0 Å². The molecule has 0 spiro atoms. The van der Waals surface area contributed by atoms with E-state index in [1.165, 1.54) is 0 Å². The van der Waals surface area contributed by atoms with Crippen LogP contribution in [0.1, 0.15) is 27.8 Å². The van der Waals surface area contributed by atoms with E-state index in [-0.39, 0.29) is 17.0 Å². The molecule has 5 nitrogen and oxygen atoms in total. The fourth-order valence-electron chi connectivity index (χ4n) is 2.99. The number of aromatic nitrogens is 1. The highest BCUT2D eigenvalue weighted by Gasteiger charge is 2.14. The molecule has 1 aromatic heterocycles. The van der Waals surface area contributed by atoms with Crippen molar-refractivity contribution in [2.24, 2.45) is 0 Å². The maximum absolute atomic E-state index is 12.5. The van der Waals surface area contributed by atoms with Gasteiger partial charge in [0.1, 0.15) is 0 Å². The minimum atomic E-state index is -3.60. The van der Waals surface area contributed by atoms with Crippen molar-refractivity contribution < 1.29 is 8.42 Å². The Kier molecular flexibility index (Phi) is 5.22. The van der Waals surface area contributed by atoms with Gasteiger partial charge in [-0.15, -0.1) is 0 Å². The van der Waals surface area contributed by atoms with Crippen LogP contribution in [0, 0.1) is 27.7 Å². The predicted molar refractivity (Wildman–Crippen MR) is 109 cm³/mol. The van der Waals surface area contributed by atoms with Gasteiger partial charge in [-0.3, -0.25) is 4.79 Å². The maximum Gasteiger partial charge on any atom is 0.251 e. The van der Waals surface area contributed by atoms with Crippen LogP contribution in [0.5, 0.6) is 0 Å². The van der Waals surface area contributed by atoms with Gasteiger partial charge in [0, 0.05) is 17.6 Å². The lowest BCUT2D eigenvalue weighted by atomic mass is 10.0. The third-order valence-electron chi connectivity index (χ3n) is 5.01. The zero-order valence-corrected chi connectivity index (χ0v) is 16.8. The van der Waals surface area contributed by atoms with Crippen molar-refractivity contribution >= 4 is 20.9 Å². The Morgan fingerprint density at radius 1 is 0.889 bits per heavy atom. The molecule has 1 heterocycles. The first-order chi connectivity index (χ1) is 12.7. The van der Waals surface area contributed by atoms with E-state index in [0.717, 1.165) is 33.2 Å². The van der Waals surface area contributed by atoms with Gasteiger partial charge in [-0.05, 0) is 92.1 Å². The molecule has 142 valence electrons. The molecule has 2 aromatic carbocycles. The summed E-state index contributed by atoms with van der Waals surface area (Å²) in [6.45, 7) is 8.01. The highest BCUT2D eigenvalue weighted by molar-refractivity contribution is 7.89. The summed E-state index contributed by atoms with van der Waals surface area (Å²) in [5.41, 5.74) is 5.41. The van der Waals surface area contributed by atoms with Crippen molar-refractivity contribution in [2.75, 3.05) is 6.54 Å². The normalized spacial score (nSPS) is 11.9. The van der Waals surface area contributed by atoms with Gasteiger partial charge < -0.3 is 4.98 Å². The average Bonchev–Trinajstić information content (AvgIpc) is 2.59. The summed E-state index contributed by atoms with van der Waals surface area (Å²) >= 11 is 0. The molecule has 0 radical (unpaired) electrons. The van der Waals surface area contributed by atoms with Crippen LogP contribution in [0.15, 0.2) is 46.1 Å². The van der Waals surface area contributed by atoms with Gasteiger partial charge in [0.15, 0.2) is 0 Å². The highest BCUT2D eigenvalue weighted by atomic mass is 32.2.